The van der Waals surface area contributed by atoms with Crippen LogP contribution >= 0.6 is 12.2 Å². The smallest absolute Gasteiger partial charge is 0.216 e. The van der Waals surface area contributed by atoms with E-state index >= 15 is 0 Å². The fourth-order valence-corrected chi connectivity index (χ4v) is 2.30. The second kappa shape index (κ2) is 6.59. The van der Waals surface area contributed by atoms with E-state index in [2.05, 4.69) is 15.3 Å². The Labute approximate surface area is 143 Å². The third kappa shape index (κ3) is 3.31. The van der Waals surface area contributed by atoms with Gasteiger partial charge in [0.05, 0.1) is 12.2 Å². The van der Waals surface area contributed by atoms with Crippen LogP contribution in [0.1, 0.15) is 21.5 Å². The number of benzene rings is 2. The molecule has 0 saturated heterocycles. The molecule has 0 aliphatic heterocycles. The second-order valence-corrected chi connectivity index (χ2v) is 5.57. The van der Waals surface area contributed by atoms with Crippen molar-refractivity contribution >= 4 is 24.4 Å². The van der Waals surface area contributed by atoms with E-state index in [1.165, 1.54) is 16.8 Å². The average Bonchev–Trinajstić information content (AvgIpc) is 2.95. The Morgan fingerprint density at radius 3 is 2.50 bits per heavy atom. The van der Waals surface area contributed by atoms with Crippen LogP contribution in [0.4, 0.5) is 0 Å². The minimum Gasteiger partial charge on any atom is -0.545 e. The van der Waals surface area contributed by atoms with Gasteiger partial charge in [-0.15, -0.1) is 0 Å². The summed E-state index contributed by atoms with van der Waals surface area (Å²) in [4.78, 5) is 10.8. The highest BCUT2D eigenvalue weighted by Gasteiger charge is 2.07. The first-order chi connectivity index (χ1) is 11.5. The summed E-state index contributed by atoms with van der Waals surface area (Å²) in [5, 5.41) is 22.0. The van der Waals surface area contributed by atoms with Crippen molar-refractivity contribution < 1.29 is 9.90 Å². The molecule has 0 amide bonds. The molecule has 0 aliphatic rings. The summed E-state index contributed by atoms with van der Waals surface area (Å²) < 4.78 is 1.89. The van der Waals surface area contributed by atoms with Crippen LogP contribution in [-0.2, 0) is 0 Å². The van der Waals surface area contributed by atoms with Crippen molar-refractivity contribution in [3.05, 3.63) is 70.0 Å². The van der Waals surface area contributed by atoms with Crippen LogP contribution in [0.2, 0.25) is 0 Å². The van der Waals surface area contributed by atoms with Gasteiger partial charge in [-0.2, -0.15) is 14.9 Å². The highest BCUT2D eigenvalue weighted by Crippen LogP contribution is 2.17. The summed E-state index contributed by atoms with van der Waals surface area (Å²) in [5.74, 6) is -0.611. The molecule has 1 aromatic heterocycles. The summed E-state index contributed by atoms with van der Waals surface area (Å²) >= 11 is 5.21. The van der Waals surface area contributed by atoms with Crippen LogP contribution in [0, 0.1) is 11.7 Å². The summed E-state index contributed by atoms with van der Waals surface area (Å²) in [5.41, 5.74) is 2.89. The molecule has 0 saturated carbocycles. The molecule has 120 valence electrons. The standard InChI is InChI=1S/C17H14N4O2S/c1-11-2-6-13(7-3-11)15-19-20-17(24)21(15)18-10-12-4-8-14(9-5-12)16(22)23/h2-10H,1H3,(H,20,24)(H,22,23)/p-1/b18-10+. The van der Waals surface area contributed by atoms with Crippen LogP contribution in [-0.4, -0.2) is 27.1 Å². The number of nitrogens with one attached hydrogen (secondary N) is 1. The maximum Gasteiger partial charge on any atom is 0.216 e. The van der Waals surface area contributed by atoms with E-state index in [9.17, 15) is 9.90 Å². The van der Waals surface area contributed by atoms with E-state index < -0.39 is 5.97 Å². The van der Waals surface area contributed by atoms with Gasteiger partial charge in [0.2, 0.25) is 4.77 Å². The molecule has 6 nitrogen and oxygen atoms in total. The molecule has 7 heteroatoms. The van der Waals surface area contributed by atoms with Crippen molar-refractivity contribution in [1.29, 1.82) is 0 Å². The van der Waals surface area contributed by atoms with Gasteiger partial charge in [-0.05, 0) is 30.3 Å². The van der Waals surface area contributed by atoms with Gasteiger partial charge >= 0.3 is 0 Å². The van der Waals surface area contributed by atoms with Gasteiger partial charge in [-0.25, -0.2) is 5.10 Å². The predicted molar refractivity (Wildman–Crippen MR) is 91.3 cm³/mol. The normalized spacial score (nSPS) is 11.0. The van der Waals surface area contributed by atoms with Crippen molar-refractivity contribution in [3.8, 4) is 11.4 Å². The minimum absolute atomic E-state index is 0.118. The molecule has 24 heavy (non-hydrogen) atoms. The number of H-pyrrole nitrogens is 1. The van der Waals surface area contributed by atoms with Crippen LogP contribution < -0.4 is 5.11 Å². The molecular formula is C17H13N4O2S-. The van der Waals surface area contributed by atoms with E-state index in [4.69, 9.17) is 12.2 Å². The lowest BCUT2D eigenvalue weighted by Crippen LogP contribution is -2.21. The molecule has 0 fully saturated rings. The number of rotatable bonds is 4. The average molecular weight is 337 g/mol. The number of carboxylic acid groups (broad SMARTS) is 1. The number of carboxylic acids is 1. The molecule has 3 rings (SSSR count). The number of aromatic carboxylic acids is 1. The first kappa shape index (κ1) is 15.8. The van der Waals surface area contributed by atoms with Gasteiger partial charge in [0.25, 0.3) is 0 Å². The zero-order valence-corrected chi connectivity index (χ0v) is 13.6. The van der Waals surface area contributed by atoms with Gasteiger partial charge in [0, 0.05) is 5.56 Å². The van der Waals surface area contributed by atoms with Gasteiger partial charge in [-0.1, -0.05) is 54.1 Å². The summed E-state index contributed by atoms with van der Waals surface area (Å²) in [6.45, 7) is 2.01. The van der Waals surface area contributed by atoms with E-state index in [-0.39, 0.29) is 5.56 Å². The monoisotopic (exact) mass is 337 g/mol. The van der Waals surface area contributed by atoms with E-state index in [0.717, 1.165) is 16.7 Å². The maximum atomic E-state index is 10.8. The molecule has 0 unspecified atom stereocenters. The zero-order valence-electron chi connectivity index (χ0n) is 12.8. The van der Waals surface area contributed by atoms with Crippen LogP contribution in [0.3, 0.4) is 0 Å². The third-order valence-electron chi connectivity index (χ3n) is 3.43. The van der Waals surface area contributed by atoms with Crippen LogP contribution in [0.25, 0.3) is 11.4 Å². The van der Waals surface area contributed by atoms with E-state index in [1.54, 1.807) is 18.3 Å². The fourth-order valence-electron chi connectivity index (χ4n) is 2.12. The Morgan fingerprint density at radius 1 is 1.21 bits per heavy atom. The number of aromatic nitrogens is 3. The number of hydrogen-bond donors (Lipinski definition) is 1. The van der Waals surface area contributed by atoms with Crippen LogP contribution in [0.5, 0.6) is 0 Å². The Morgan fingerprint density at radius 2 is 1.88 bits per heavy atom. The number of aromatic amines is 1. The Kier molecular flexibility index (Phi) is 4.35. The lowest BCUT2D eigenvalue weighted by molar-refractivity contribution is -0.255. The number of carbonyl (C=O) groups is 1. The Balaban J connectivity index is 1.92. The van der Waals surface area contributed by atoms with Gasteiger partial charge in [0.1, 0.15) is 0 Å². The van der Waals surface area contributed by atoms with Crippen molar-refractivity contribution in [2.75, 3.05) is 0 Å². The molecule has 0 atom stereocenters. The number of hydrogen-bond acceptors (Lipinski definition) is 5. The molecule has 0 spiro atoms. The molecule has 3 aromatic rings. The van der Waals surface area contributed by atoms with Gasteiger partial charge < -0.3 is 9.90 Å². The largest absolute Gasteiger partial charge is 0.545 e. The van der Waals surface area contributed by atoms with Gasteiger partial charge in [0.15, 0.2) is 5.82 Å². The van der Waals surface area contributed by atoms with Gasteiger partial charge in [-0.3, -0.25) is 0 Å². The second-order valence-electron chi connectivity index (χ2n) is 5.18. The SMILES string of the molecule is Cc1ccc(-c2n[nH]c(=S)n2/N=C/c2ccc(C(=O)[O-])cc2)cc1. The third-order valence-corrected chi connectivity index (χ3v) is 3.69. The van der Waals surface area contributed by atoms with Crippen molar-refractivity contribution in [2.24, 2.45) is 5.10 Å². The zero-order chi connectivity index (χ0) is 17.1. The number of nitrogens with zero attached hydrogens (tertiary/aromatic N) is 3. The molecular weight excluding hydrogens is 324 g/mol. The van der Waals surface area contributed by atoms with Crippen molar-refractivity contribution in [1.82, 2.24) is 14.9 Å². The maximum absolute atomic E-state index is 10.8. The predicted octanol–water partition coefficient (Wildman–Crippen LogP) is 2.16. The summed E-state index contributed by atoms with van der Waals surface area (Å²) in [6.07, 6.45) is 1.59. The van der Waals surface area contributed by atoms with E-state index in [1.807, 2.05) is 31.2 Å². The summed E-state index contributed by atoms with van der Waals surface area (Å²) in [6, 6.07) is 14.1. The molecule has 1 N–H and O–H groups in total. The first-order valence-corrected chi connectivity index (χ1v) is 7.55. The highest BCUT2D eigenvalue weighted by atomic mass is 32.1. The quantitative estimate of drug-likeness (QED) is 0.584. The molecule has 0 bridgehead atoms. The molecule has 0 aliphatic carbocycles. The summed E-state index contributed by atoms with van der Waals surface area (Å²) in [7, 11) is 0. The fraction of sp³-hybridized carbons (Fsp3) is 0.0588. The topological polar surface area (TPSA) is 86.1 Å². The van der Waals surface area contributed by atoms with Crippen molar-refractivity contribution in [2.45, 2.75) is 6.92 Å². The van der Waals surface area contributed by atoms with E-state index in [0.29, 0.717) is 10.6 Å². The lowest BCUT2D eigenvalue weighted by atomic mass is 10.1. The Hall–Kier alpha value is -3.06. The molecule has 0 radical (unpaired) electrons. The highest BCUT2D eigenvalue weighted by molar-refractivity contribution is 7.71. The number of aryl methyl sites for hydroxylation is 1. The lowest BCUT2D eigenvalue weighted by Gasteiger charge is -2.03. The molecule has 1 heterocycles. The first-order valence-electron chi connectivity index (χ1n) is 7.15. The Bertz CT molecular complexity index is 954. The van der Waals surface area contributed by atoms with Crippen molar-refractivity contribution in [3.63, 3.8) is 0 Å². The van der Waals surface area contributed by atoms with Crippen LogP contribution in [0.15, 0.2) is 53.6 Å². The number of carbonyl (C=O) groups excluding carboxylic acids is 1. The molecule has 2 aromatic carbocycles. The minimum atomic E-state index is -1.21.